The molecule has 0 saturated carbocycles. The first-order valence-corrected chi connectivity index (χ1v) is 6.23. The van der Waals surface area contributed by atoms with Gasteiger partial charge in [-0.15, -0.1) is 0 Å². The highest BCUT2D eigenvalue weighted by atomic mass is 35.7. The lowest BCUT2D eigenvalue weighted by Crippen LogP contribution is -2.00. The van der Waals surface area contributed by atoms with Gasteiger partial charge in [-0.1, -0.05) is 13.3 Å². The normalized spacial score (nSPS) is 11.9. The topological polar surface area (TPSA) is 52.0 Å². The van der Waals surface area contributed by atoms with Gasteiger partial charge in [0.2, 0.25) is 0 Å². The summed E-state index contributed by atoms with van der Waals surface area (Å²) in [5.41, 5.74) is 0.754. The number of nitrogens with zero attached hydrogens (tertiary/aromatic N) is 2. The minimum atomic E-state index is -3.66. The van der Waals surface area contributed by atoms with E-state index < -0.39 is 9.05 Å². The van der Waals surface area contributed by atoms with E-state index in [-0.39, 0.29) is 5.03 Å². The second-order valence-corrected chi connectivity index (χ2v) is 5.30. The summed E-state index contributed by atoms with van der Waals surface area (Å²) in [6.07, 6.45) is 1.69. The van der Waals surface area contributed by atoms with E-state index in [0.717, 1.165) is 18.5 Å². The van der Waals surface area contributed by atoms with E-state index in [9.17, 15) is 8.42 Å². The molecule has 0 spiro atoms. The molecule has 4 nitrogen and oxygen atoms in total. The predicted molar refractivity (Wildman–Crippen MR) is 50.2 cm³/mol. The first kappa shape index (κ1) is 10.5. The van der Waals surface area contributed by atoms with Crippen LogP contribution in [-0.4, -0.2) is 18.2 Å². The number of hydrogen-bond acceptors (Lipinski definition) is 3. The van der Waals surface area contributed by atoms with Crippen LogP contribution in [-0.2, 0) is 22.5 Å². The maximum Gasteiger partial charge on any atom is 0.278 e. The van der Waals surface area contributed by atoms with E-state index in [1.807, 2.05) is 6.92 Å². The second kappa shape index (κ2) is 3.67. The first-order valence-electron chi connectivity index (χ1n) is 3.92. The zero-order valence-corrected chi connectivity index (χ0v) is 9.06. The molecule has 0 unspecified atom stereocenters. The van der Waals surface area contributed by atoms with Gasteiger partial charge in [0.15, 0.2) is 5.03 Å². The molecular weight excluding hydrogens is 212 g/mol. The number of rotatable bonds is 3. The van der Waals surface area contributed by atoms with E-state index in [0.29, 0.717) is 0 Å². The average Bonchev–Trinajstić information content (AvgIpc) is 2.30. The first-order chi connectivity index (χ1) is 5.95. The molecule has 1 rings (SSSR count). The molecule has 1 aromatic rings. The van der Waals surface area contributed by atoms with Crippen LogP contribution in [0.25, 0.3) is 0 Å². The van der Waals surface area contributed by atoms with Crippen molar-refractivity contribution in [2.45, 2.75) is 24.8 Å². The average molecular weight is 223 g/mol. The van der Waals surface area contributed by atoms with Gasteiger partial charge >= 0.3 is 0 Å². The molecular formula is C7H11ClN2O2S. The zero-order valence-electron chi connectivity index (χ0n) is 7.49. The molecule has 1 heterocycles. The third kappa shape index (κ3) is 2.45. The van der Waals surface area contributed by atoms with Crippen molar-refractivity contribution in [2.75, 3.05) is 0 Å². The summed E-state index contributed by atoms with van der Waals surface area (Å²) in [5, 5.41) is 4.07. The summed E-state index contributed by atoms with van der Waals surface area (Å²) in [5.74, 6) is 0. The summed E-state index contributed by atoms with van der Waals surface area (Å²) in [6, 6.07) is 1.51. The number of aromatic nitrogens is 2. The third-order valence-corrected chi connectivity index (χ3v) is 3.00. The van der Waals surface area contributed by atoms with E-state index in [4.69, 9.17) is 10.7 Å². The molecule has 1 aromatic heterocycles. The molecule has 74 valence electrons. The number of halogens is 1. The van der Waals surface area contributed by atoms with E-state index in [2.05, 4.69) is 5.10 Å². The van der Waals surface area contributed by atoms with Crippen molar-refractivity contribution in [2.24, 2.45) is 7.05 Å². The second-order valence-electron chi connectivity index (χ2n) is 2.79. The van der Waals surface area contributed by atoms with Gasteiger partial charge in [0, 0.05) is 17.7 Å². The molecule has 6 heteroatoms. The maximum atomic E-state index is 11.0. The lowest BCUT2D eigenvalue weighted by atomic mass is 10.3. The molecule has 0 saturated heterocycles. The van der Waals surface area contributed by atoms with Crippen LogP contribution in [0.4, 0.5) is 0 Å². The van der Waals surface area contributed by atoms with Crippen molar-refractivity contribution in [3.63, 3.8) is 0 Å². The number of aryl methyl sites for hydroxylation is 2. The van der Waals surface area contributed by atoms with Gasteiger partial charge in [-0.05, 0) is 12.5 Å². The quantitative estimate of drug-likeness (QED) is 0.725. The SMILES string of the molecule is CCCc1cc(S(=O)(=O)Cl)n(C)n1. The molecule has 0 aliphatic rings. The summed E-state index contributed by atoms with van der Waals surface area (Å²) in [6.45, 7) is 2.00. The Morgan fingerprint density at radius 1 is 1.62 bits per heavy atom. The molecule has 0 bridgehead atoms. The summed E-state index contributed by atoms with van der Waals surface area (Å²) >= 11 is 0. The molecule has 0 radical (unpaired) electrons. The van der Waals surface area contributed by atoms with Crippen molar-refractivity contribution in [3.8, 4) is 0 Å². The summed E-state index contributed by atoms with van der Waals surface area (Å²) in [7, 11) is 3.09. The zero-order chi connectivity index (χ0) is 10.1. The van der Waals surface area contributed by atoms with Gasteiger partial charge in [-0.2, -0.15) is 5.10 Å². The molecule has 0 aliphatic heterocycles. The fourth-order valence-electron chi connectivity index (χ4n) is 1.11. The summed E-state index contributed by atoms with van der Waals surface area (Å²) < 4.78 is 23.2. The molecule has 0 amide bonds. The minimum absolute atomic E-state index is 0.0533. The Balaban J connectivity index is 3.11. The Labute approximate surface area is 81.9 Å². The van der Waals surface area contributed by atoms with E-state index in [1.165, 1.54) is 10.7 Å². The molecule has 0 fully saturated rings. The fraction of sp³-hybridized carbons (Fsp3) is 0.571. The van der Waals surface area contributed by atoms with Crippen LogP contribution in [0.2, 0.25) is 0 Å². The van der Waals surface area contributed by atoms with E-state index >= 15 is 0 Å². The van der Waals surface area contributed by atoms with Crippen molar-refractivity contribution in [1.82, 2.24) is 9.78 Å². The molecule has 13 heavy (non-hydrogen) atoms. The Bertz CT molecular complexity index is 397. The van der Waals surface area contributed by atoms with Crippen LogP contribution in [0.3, 0.4) is 0 Å². The summed E-state index contributed by atoms with van der Waals surface area (Å²) in [4.78, 5) is 0. The van der Waals surface area contributed by atoms with Gasteiger partial charge in [-0.3, -0.25) is 4.68 Å². The van der Waals surface area contributed by atoms with Gasteiger partial charge < -0.3 is 0 Å². The molecule has 0 aliphatic carbocycles. The number of hydrogen-bond donors (Lipinski definition) is 0. The third-order valence-electron chi connectivity index (χ3n) is 1.64. The lowest BCUT2D eigenvalue weighted by molar-refractivity contribution is 0.589. The van der Waals surface area contributed by atoms with Gasteiger partial charge in [0.05, 0.1) is 5.69 Å². The van der Waals surface area contributed by atoms with Crippen molar-refractivity contribution in [3.05, 3.63) is 11.8 Å². The van der Waals surface area contributed by atoms with Crippen LogP contribution >= 0.6 is 10.7 Å². The van der Waals surface area contributed by atoms with Crippen molar-refractivity contribution < 1.29 is 8.42 Å². The van der Waals surface area contributed by atoms with Gasteiger partial charge in [0.1, 0.15) is 0 Å². The highest BCUT2D eigenvalue weighted by Crippen LogP contribution is 2.15. The Morgan fingerprint density at radius 2 is 2.23 bits per heavy atom. The van der Waals surface area contributed by atoms with Crippen molar-refractivity contribution >= 4 is 19.7 Å². The highest BCUT2D eigenvalue weighted by Gasteiger charge is 2.16. The fourth-order valence-corrected chi connectivity index (χ4v) is 2.18. The Kier molecular flexibility index (Phi) is 2.98. The van der Waals surface area contributed by atoms with Crippen LogP contribution in [0.5, 0.6) is 0 Å². The van der Waals surface area contributed by atoms with Crippen molar-refractivity contribution in [1.29, 1.82) is 0 Å². The largest absolute Gasteiger partial charge is 0.278 e. The lowest BCUT2D eigenvalue weighted by Gasteiger charge is -1.93. The van der Waals surface area contributed by atoms with Gasteiger partial charge in [0.25, 0.3) is 9.05 Å². The smallest absolute Gasteiger partial charge is 0.256 e. The monoisotopic (exact) mass is 222 g/mol. The Hall–Kier alpha value is -0.550. The standard InChI is InChI=1S/C7H11ClN2O2S/c1-3-4-6-5-7(10(2)9-6)13(8,11)12/h5H,3-4H2,1-2H3. The maximum absolute atomic E-state index is 11.0. The van der Waals surface area contributed by atoms with Crippen LogP contribution in [0, 0.1) is 0 Å². The highest BCUT2D eigenvalue weighted by molar-refractivity contribution is 8.13. The van der Waals surface area contributed by atoms with Crippen LogP contribution in [0.15, 0.2) is 11.1 Å². The minimum Gasteiger partial charge on any atom is -0.256 e. The van der Waals surface area contributed by atoms with Crippen LogP contribution in [0.1, 0.15) is 19.0 Å². The Morgan fingerprint density at radius 3 is 2.62 bits per heavy atom. The molecule has 0 atom stereocenters. The predicted octanol–water partition coefficient (Wildman–Crippen LogP) is 1.30. The molecule has 0 N–H and O–H groups in total. The van der Waals surface area contributed by atoms with Gasteiger partial charge in [-0.25, -0.2) is 8.42 Å². The van der Waals surface area contributed by atoms with Crippen LogP contribution < -0.4 is 0 Å². The molecule has 0 aromatic carbocycles. The van der Waals surface area contributed by atoms with E-state index in [1.54, 1.807) is 7.05 Å².